The Morgan fingerprint density at radius 2 is 1.96 bits per heavy atom. The molecule has 26 heavy (non-hydrogen) atoms. The van der Waals surface area contributed by atoms with Crippen molar-refractivity contribution in [3.8, 4) is 0 Å². The van der Waals surface area contributed by atoms with Gasteiger partial charge in [0.1, 0.15) is 0 Å². The van der Waals surface area contributed by atoms with E-state index in [0.29, 0.717) is 0 Å². The lowest BCUT2D eigenvalue weighted by Crippen LogP contribution is -2.39. The monoisotopic (exact) mass is 373 g/mol. The van der Waals surface area contributed by atoms with Crippen LogP contribution in [0.1, 0.15) is 28.8 Å². The molecule has 0 amide bonds. The summed E-state index contributed by atoms with van der Waals surface area (Å²) in [6.45, 7) is 5.97. The maximum atomic E-state index is 4.45. The second kappa shape index (κ2) is 11.6. The Kier molecular flexibility index (Phi) is 9.14. The summed E-state index contributed by atoms with van der Waals surface area (Å²) in [7, 11) is 3.98. The number of nitrogens with zero attached hydrogens (tertiary/aromatic N) is 3. The molecule has 0 fully saturated rings. The van der Waals surface area contributed by atoms with Crippen molar-refractivity contribution in [1.82, 2.24) is 20.5 Å². The van der Waals surface area contributed by atoms with Crippen molar-refractivity contribution in [2.24, 2.45) is 4.99 Å². The molecule has 0 spiro atoms. The SMILES string of the molecule is CCc1cnc(CCNC(=NC)NCCCN(C)Cc2ccccc2)s1. The number of aliphatic imine (C=N–C) groups is 1. The average Bonchev–Trinajstić information content (AvgIpc) is 3.12. The smallest absolute Gasteiger partial charge is 0.190 e. The van der Waals surface area contributed by atoms with Gasteiger partial charge in [-0.25, -0.2) is 4.98 Å². The number of nitrogens with one attached hydrogen (secondary N) is 2. The second-order valence-corrected chi connectivity index (χ2v) is 7.53. The van der Waals surface area contributed by atoms with Crippen LogP contribution < -0.4 is 10.6 Å². The van der Waals surface area contributed by atoms with E-state index < -0.39 is 0 Å². The molecular formula is C20H31N5S. The molecular weight excluding hydrogens is 342 g/mol. The molecule has 0 saturated heterocycles. The van der Waals surface area contributed by atoms with Gasteiger partial charge in [0.15, 0.2) is 5.96 Å². The molecule has 0 aliphatic carbocycles. The Hall–Kier alpha value is -1.92. The fourth-order valence-corrected chi connectivity index (χ4v) is 3.53. The summed E-state index contributed by atoms with van der Waals surface area (Å²) in [6, 6.07) is 10.6. The Bertz CT molecular complexity index is 653. The first kappa shape index (κ1) is 20.4. The van der Waals surface area contributed by atoms with Crippen molar-refractivity contribution in [2.75, 3.05) is 33.7 Å². The first-order chi connectivity index (χ1) is 12.7. The third-order valence-electron chi connectivity index (χ3n) is 4.11. The van der Waals surface area contributed by atoms with E-state index in [4.69, 9.17) is 0 Å². The predicted molar refractivity (Wildman–Crippen MR) is 112 cm³/mol. The van der Waals surface area contributed by atoms with Crippen molar-refractivity contribution in [2.45, 2.75) is 32.7 Å². The van der Waals surface area contributed by atoms with Gasteiger partial charge >= 0.3 is 0 Å². The minimum absolute atomic E-state index is 0.851. The first-order valence-electron chi connectivity index (χ1n) is 9.31. The first-order valence-corrected chi connectivity index (χ1v) is 10.1. The van der Waals surface area contributed by atoms with Crippen molar-refractivity contribution >= 4 is 17.3 Å². The molecule has 1 heterocycles. The van der Waals surface area contributed by atoms with Gasteiger partial charge in [0.05, 0.1) is 5.01 Å². The van der Waals surface area contributed by atoms with Crippen LogP contribution in [0, 0.1) is 0 Å². The van der Waals surface area contributed by atoms with Crippen LogP contribution in [0.3, 0.4) is 0 Å². The van der Waals surface area contributed by atoms with Gasteiger partial charge in [0, 0.05) is 44.2 Å². The van der Waals surface area contributed by atoms with Crippen LogP contribution in [0.2, 0.25) is 0 Å². The molecule has 0 saturated carbocycles. The van der Waals surface area contributed by atoms with E-state index in [1.54, 1.807) is 11.3 Å². The van der Waals surface area contributed by atoms with Crippen LogP contribution in [0.25, 0.3) is 0 Å². The summed E-state index contributed by atoms with van der Waals surface area (Å²) in [5.41, 5.74) is 1.36. The van der Waals surface area contributed by atoms with E-state index >= 15 is 0 Å². The molecule has 1 aromatic carbocycles. The molecule has 0 bridgehead atoms. The van der Waals surface area contributed by atoms with Crippen LogP contribution in [0.4, 0.5) is 0 Å². The molecule has 2 rings (SSSR count). The normalized spacial score (nSPS) is 11.8. The topological polar surface area (TPSA) is 52.6 Å². The Morgan fingerprint density at radius 1 is 1.19 bits per heavy atom. The summed E-state index contributed by atoms with van der Waals surface area (Å²) in [5.74, 6) is 0.864. The third-order valence-corrected chi connectivity index (χ3v) is 5.31. The molecule has 0 atom stereocenters. The fraction of sp³-hybridized carbons (Fsp3) is 0.500. The van der Waals surface area contributed by atoms with Gasteiger partial charge in [-0.15, -0.1) is 11.3 Å². The quantitative estimate of drug-likeness (QED) is 0.382. The van der Waals surface area contributed by atoms with Crippen molar-refractivity contribution in [3.63, 3.8) is 0 Å². The van der Waals surface area contributed by atoms with E-state index in [1.165, 1.54) is 15.4 Å². The third kappa shape index (κ3) is 7.54. The van der Waals surface area contributed by atoms with E-state index in [0.717, 1.165) is 51.4 Å². The van der Waals surface area contributed by atoms with Crippen LogP contribution in [0.5, 0.6) is 0 Å². The molecule has 5 nitrogen and oxygen atoms in total. The zero-order valence-corrected chi connectivity index (χ0v) is 17.0. The second-order valence-electron chi connectivity index (χ2n) is 6.33. The van der Waals surface area contributed by atoms with Gasteiger partial charge < -0.3 is 15.5 Å². The van der Waals surface area contributed by atoms with E-state index in [9.17, 15) is 0 Å². The van der Waals surface area contributed by atoms with Crippen LogP contribution >= 0.6 is 11.3 Å². The lowest BCUT2D eigenvalue weighted by molar-refractivity contribution is 0.322. The number of aryl methyl sites for hydroxylation is 1. The predicted octanol–water partition coefficient (Wildman–Crippen LogP) is 2.94. The zero-order valence-electron chi connectivity index (χ0n) is 16.2. The van der Waals surface area contributed by atoms with Gasteiger partial charge in [-0.2, -0.15) is 0 Å². The van der Waals surface area contributed by atoms with Crippen molar-refractivity contribution < 1.29 is 0 Å². The molecule has 1 aromatic heterocycles. The number of benzene rings is 1. The minimum atomic E-state index is 0.851. The lowest BCUT2D eigenvalue weighted by atomic mass is 10.2. The number of hydrogen-bond acceptors (Lipinski definition) is 4. The maximum Gasteiger partial charge on any atom is 0.190 e. The molecule has 0 aliphatic rings. The number of aromatic nitrogens is 1. The zero-order chi connectivity index (χ0) is 18.6. The molecule has 2 aromatic rings. The van der Waals surface area contributed by atoms with Gasteiger partial charge in [-0.3, -0.25) is 4.99 Å². The van der Waals surface area contributed by atoms with E-state index in [1.807, 2.05) is 13.2 Å². The van der Waals surface area contributed by atoms with Crippen LogP contribution in [-0.2, 0) is 19.4 Å². The largest absolute Gasteiger partial charge is 0.356 e. The van der Waals surface area contributed by atoms with Crippen molar-refractivity contribution in [1.29, 1.82) is 0 Å². The van der Waals surface area contributed by atoms with Gasteiger partial charge in [-0.05, 0) is 32.0 Å². The highest BCUT2D eigenvalue weighted by Gasteiger charge is 2.03. The Morgan fingerprint density at radius 3 is 2.65 bits per heavy atom. The Labute approximate surface area is 161 Å². The van der Waals surface area contributed by atoms with Gasteiger partial charge in [0.25, 0.3) is 0 Å². The molecule has 0 unspecified atom stereocenters. The number of rotatable bonds is 10. The highest BCUT2D eigenvalue weighted by atomic mass is 32.1. The summed E-state index contributed by atoms with van der Waals surface area (Å²) in [6.07, 6.45) is 5.06. The van der Waals surface area contributed by atoms with Gasteiger partial charge in [-0.1, -0.05) is 37.3 Å². The highest BCUT2D eigenvalue weighted by molar-refractivity contribution is 7.11. The summed E-state index contributed by atoms with van der Waals surface area (Å²) >= 11 is 1.80. The Balaban J connectivity index is 1.58. The van der Waals surface area contributed by atoms with Gasteiger partial charge in [0.2, 0.25) is 0 Å². The molecule has 0 radical (unpaired) electrons. The number of thiazole rings is 1. The number of guanidine groups is 1. The molecule has 0 aliphatic heterocycles. The molecule has 6 heteroatoms. The van der Waals surface area contributed by atoms with Crippen LogP contribution in [0.15, 0.2) is 41.5 Å². The van der Waals surface area contributed by atoms with E-state index in [2.05, 4.69) is 69.8 Å². The van der Waals surface area contributed by atoms with E-state index in [-0.39, 0.29) is 0 Å². The van der Waals surface area contributed by atoms with Crippen LogP contribution in [-0.4, -0.2) is 49.6 Å². The maximum absolute atomic E-state index is 4.45. The lowest BCUT2D eigenvalue weighted by Gasteiger charge is -2.17. The summed E-state index contributed by atoms with van der Waals surface area (Å²) in [4.78, 5) is 12.4. The highest BCUT2D eigenvalue weighted by Crippen LogP contribution is 2.13. The summed E-state index contributed by atoms with van der Waals surface area (Å²) < 4.78 is 0. The standard InChI is InChI=1S/C20H31N5S/c1-4-18-15-24-19(26-18)11-13-23-20(21-2)22-12-8-14-25(3)16-17-9-6-5-7-10-17/h5-7,9-10,15H,4,8,11-14,16H2,1-3H3,(H2,21,22,23). The summed E-state index contributed by atoms with van der Waals surface area (Å²) in [5, 5.41) is 7.94. The molecule has 142 valence electrons. The van der Waals surface area contributed by atoms with Crippen molar-refractivity contribution in [3.05, 3.63) is 52.0 Å². The fourth-order valence-electron chi connectivity index (χ4n) is 2.67. The number of hydrogen-bond donors (Lipinski definition) is 2. The average molecular weight is 374 g/mol. The molecule has 2 N–H and O–H groups in total. The minimum Gasteiger partial charge on any atom is -0.356 e.